The normalized spacial score (nSPS) is 11.1. The van der Waals surface area contributed by atoms with E-state index in [4.69, 9.17) is 5.21 Å². The fourth-order valence-corrected chi connectivity index (χ4v) is 4.00. The highest BCUT2D eigenvalue weighted by Crippen LogP contribution is 2.28. The number of nitrogens with zero attached hydrogens (tertiary/aromatic N) is 2. The lowest BCUT2D eigenvalue weighted by Gasteiger charge is -2.23. The minimum atomic E-state index is -0.299. The van der Waals surface area contributed by atoms with Gasteiger partial charge in [-0.05, 0) is 68.1 Å². The summed E-state index contributed by atoms with van der Waals surface area (Å²) >= 11 is 0. The highest BCUT2D eigenvalue weighted by atomic mass is 16.5. The Morgan fingerprint density at radius 1 is 1.00 bits per heavy atom. The van der Waals surface area contributed by atoms with Gasteiger partial charge in [0, 0.05) is 48.8 Å². The topological polar surface area (TPSA) is 57.5 Å². The number of hydrogen-bond donors (Lipinski definition) is 2. The summed E-state index contributed by atoms with van der Waals surface area (Å²) in [4.78, 5) is 13.4. The summed E-state index contributed by atoms with van der Waals surface area (Å²) < 4.78 is 2.22. The summed E-state index contributed by atoms with van der Waals surface area (Å²) in [5.74, 6) is -0.299. The van der Waals surface area contributed by atoms with Crippen molar-refractivity contribution in [1.29, 1.82) is 0 Å². The molecule has 2 N–H and O–H groups in total. The van der Waals surface area contributed by atoms with Crippen LogP contribution in [0.15, 0.2) is 48.5 Å². The Morgan fingerprint density at radius 3 is 2.40 bits per heavy atom. The molecule has 0 aliphatic carbocycles. The van der Waals surface area contributed by atoms with E-state index in [0.29, 0.717) is 6.42 Å². The third kappa shape index (κ3) is 5.22. The second kappa shape index (κ2) is 10.3. The Hall–Kier alpha value is -2.79. The Kier molecular flexibility index (Phi) is 7.52. The number of hydrogen-bond acceptors (Lipinski definition) is 3. The number of unbranched alkanes of at least 4 members (excludes halogenated alkanes) is 3. The molecule has 0 unspecified atom stereocenters. The SMILES string of the molecule is CCN(CCCCCCC(=O)NO)c1ccc(-c2ccc3c(c2)cc(C)n3C)cc1. The molecule has 2 aromatic carbocycles. The standard InChI is InChI=1S/C25H33N3O2/c1-4-28(16-8-6-5-7-9-25(29)26-30)23-13-10-20(11-14-23)21-12-15-24-22(18-21)17-19(2)27(24)3/h10-15,17-18,30H,4-9,16H2,1-3H3,(H,26,29). The number of aryl methyl sites for hydroxylation is 2. The minimum absolute atomic E-state index is 0.299. The Labute approximate surface area is 179 Å². The fourth-order valence-electron chi connectivity index (χ4n) is 4.00. The van der Waals surface area contributed by atoms with Gasteiger partial charge >= 0.3 is 0 Å². The molecule has 1 heterocycles. The average molecular weight is 408 g/mol. The molecule has 0 fully saturated rings. The second-order valence-corrected chi connectivity index (χ2v) is 7.94. The number of aromatic nitrogens is 1. The number of carbonyl (C=O) groups is 1. The van der Waals surface area contributed by atoms with Crippen LogP contribution in [0.1, 0.15) is 44.7 Å². The molecule has 3 rings (SSSR count). The quantitative estimate of drug-likeness (QED) is 0.267. The van der Waals surface area contributed by atoms with Gasteiger partial charge < -0.3 is 9.47 Å². The van der Waals surface area contributed by atoms with Crippen LogP contribution >= 0.6 is 0 Å². The van der Waals surface area contributed by atoms with Crippen LogP contribution < -0.4 is 10.4 Å². The van der Waals surface area contributed by atoms with Gasteiger partial charge in [0.2, 0.25) is 5.91 Å². The summed E-state index contributed by atoms with van der Waals surface area (Å²) in [6.45, 7) is 6.31. The van der Waals surface area contributed by atoms with E-state index in [-0.39, 0.29) is 5.91 Å². The van der Waals surface area contributed by atoms with Crippen LogP contribution in [-0.2, 0) is 11.8 Å². The van der Waals surface area contributed by atoms with Crippen LogP contribution in [0, 0.1) is 6.92 Å². The van der Waals surface area contributed by atoms with Gasteiger partial charge in [-0.3, -0.25) is 10.0 Å². The van der Waals surface area contributed by atoms with E-state index in [1.54, 1.807) is 5.48 Å². The molecule has 5 nitrogen and oxygen atoms in total. The molecule has 1 aromatic heterocycles. The predicted molar refractivity (Wildman–Crippen MR) is 124 cm³/mol. The number of fused-ring (bicyclic) bond motifs is 1. The maximum absolute atomic E-state index is 11.0. The molecular formula is C25H33N3O2. The summed E-state index contributed by atoms with van der Waals surface area (Å²) in [5, 5.41) is 9.79. The van der Waals surface area contributed by atoms with Gasteiger partial charge in [-0.25, -0.2) is 5.48 Å². The molecule has 0 atom stereocenters. The highest BCUT2D eigenvalue weighted by Gasteiger charge is 2.07. The van der Waals surface area contributed by atoms with Crippen LogP contribution in [-0.4, -0.2) is 28.8 Å². The van der Waals surface area contributed by atoms with Gasteiger partial charge in [-0.15, -0.1) is 0 Å². The van der Waals surface area contributed by atoms with Crippen LogP contribution in [0.5, 0.6) is 0 Å². The first-order valence-electron chi connectivity index (χ1n) is 10.9. The zero-order valence-corrected chi connectivity index (χ0v) is 18.3. The molecule has 0 saturated heterocycles. The average Bonchev–Trinajstić information content (AvgIpc) is 3.06. The Bertz CT molecular complexity index is 976. The zero-order valence-electron chi connectivity index (χ0n) is 18.3. The number of carbonyl (C=O) groups excluding carboxylic acids is 1. The van der Waals surface area contributed by atoms with Crippen LogP contribution in [0.2, 0.25) is 0 Å². The van der Waals surface area contributed by atoms with Gasteiger partial charge in [0.05, 0.1) is 0 Å². The second-order valence-electron chi connectivity index (χ2n) is 7.94. The maximum atomic E-state index is 11.0. The lowest BCUT2D eigenvalue weighted by atomic mass is 10.0. The van der Waals surface area contributed by atoms with Crippen LogP contribution in [0.25, 0.3) is 22.0 Å². The van der Waals surface area contributed by atoms with Crippen molar-refractivity contribution in [2.75, 3.05) is 18.0 Å². The Balaban J connectivity index is 1.57. The van der Waals surface area contributed by atoms with Gasteiger partial charge in [0.25, 0.3) is 0 Å². The molecule has 0 radical (unpaired) electrons. The smallest absolute Gasteiger partial charge is 0.243 e. The number of anilines is 1. The van der Waals surface area contributed by atoms with E-state index in [1.807, 2.05) is 0 Å². The Morgan fingerprint density at radius 2 is 1.70 bits per heavy atom. The van der Waals surface area contributed by atoms with Gasteiger partial charge in [0.1, 0.15) is 0 Å². The molecular weight excluding hydrogens is 374 g/mol. The number of rotatable bonds is 10. The molecule has 3 aromatic rings. The minimum Gasteiger partial charge on any atom is -0.372 e. The zero-order chi connectivity index (χ0) is 21.5. The largest absolute Gasteiger partial charge is 0.372 e. The van der Waals surface area contributed by atoms with E-state index in [9.17, 15) is 4.79 Å². The molecule has 0 bridgehead atoms. The number of nitrogens with one attached hydrogen (secondary N) is 1. The number of hydroxylamine groups is 1. The third-order valence-corrected chi connectivity index (χ3v) is 5.94. The molecule has 5 heteroatoms. The van der Waals surface area contributed by atoms with Crippen molar-refractivity contribution in [1.82, 2.24) is 10.0 Å². The van der Waals surface area contributed by atoms with E-state index >= 15 is 0 Å². The first kappa shape index (κ1) is 21.9. The molecule has 160 valence electrons. The monoisotopic (exact) mass is 407 g/mol. The van der Waals surface area contributed by atoms with Crippen molar-refractivity contribution in [3.8, 4) is 11.1 Å². The molecule has 0 saturated carbocycles. The van der Waals surface area contributed by atoms with Crippen LogP contribution in [0.3, 0.4) is 0 Å². The summed E-state index contributed by atoms with van der Waals surface area (Å²) in [7, 11) is 2.11. The van der Waals surface area contributed by atoms with Crippen molar-refractivity contribution in [2.45, 2.75) is 46.0 Å². The van der Waals surface area contributed by atoms with Crippen molar-refractivity contribution < 1.29 is 10.0 Å². The predicted octanol–water partition coefficient (Wildman–Crippen LogP) is 5.44. The van der Waals surface area contributed by atoms with Gasteiger partial charge in [-0.2, -0.15) is 0 Å². The summed E-state index contributed by atoms with van der Waals surface area (Å²) in [6, 6.07) is 17.8. The van der Waals surface area contributed by atoms with E-state index < -0.39 is 0 Å². The summed E-state index contributed by atoms with van der Waals surface area (Å²) in [6.07, 6.45) is 4.40. The van der Waals surface area contributed by atoms with Crippen molar-refractivity contribution >= 4 is 22.5 Å². The highest BCUT2D eigenvalue weighted by molar-refractivity contribution is 5.86. The van der Waals surface area contributed by atoms with Crippen molar-refractivity contribution in [3.05, 3.63) is 54.2 Å². The summed E-state index contributed by atoms with van der Waals surface area (Å²) in [5.41, 5.74) is 7.95. The first-order valence-corrected chi connectivity index (χ1v) is 10.9. The number of benzene rings is 2. The molecule has 30 heavy (non-hydrogen) atoms. The van der Waals surface area contributed by atoms with Crippen molar-refractivity contribution in [2.24, 2.45) is 7.05 Å². The lowest BCUT2D eigenvalue weighted by molar-refractivity contribution is -0.129. The molecule has 0 aliphatic heterocycles. The van der Waals surface area contributed by atoms with Crippen LogP contribution in [0.4, 0.5) is 5.69 Å². The molecule has 0 spiro atoms. The van der Waals surface area contributed by atoms with Crippen molar-refractivity contribution in [3.63, 3.8) is 0 Å². The van der Waals surface area contributed by atoms with E-state index in [2.05, 4.69) is 78.9 Å². The lowest BCUT2D eigenvalue weighted by Crippen LogP contribution is -2.23. The van der Waals surface area contributed by atoms with Gasteiger partial charge in [-0.1, -0.05) is 31.0 Å². The maximum Gasteiger partial charge on any atom is 0.243 e. The fraction of sp³-hybridized carbons (Fsp3) is 0.400. The molecule has 1 amide bonds. The van der Waals surface area contributed by atoms with E-state index in [1.165, 1.54) is 33.4 Å². The third-order valence-electron chi connectivity index (χ3n) is 5.94. The van der Waals surface area contributed by atoms with Gasteiger partial charge in [0.15, 0.2) is 0 Å². The first-order chi connectivity index (χ1) is 14.5. The number of amides is 1. The van der Waals surface area contributed by atoms with E-state index in [0.717, 1.165) is 38.8 Å². The molecule has 0 aliphatic rings.